The first-order valence-corrected chi connectivity index (χ1v) is 6.06. The van der Waals surface area contributed by atoms with Crippen LogP contribution in [0.4, 0.5) is 0 Å². The maximum absolute atomic E-state index is 11.7. The van der Waals surface area contributed by atoms with E-state index >= 15 is 0 Å². The van der Waals surface area contributed by atoms with Gasteiger partial charge in [-0.05, 0) is 23.8 Å². The minimum Gasteiger partial charge on any atom is -0.508 e. The molecule has 2 rings (SSSR count). The molecule has 0 bridgehead atoms. The minimum atomic E-state index is -0.513. The molecule has 5 heteroatoms. The van der Waals surface area contributed by atoms with Crippen molar-refractivity contribution in [3.63, 3.8) is 0 Å². The quantitative estimate of drug-likeness (QED) is 0.392. The number of aromatic hydroxyl groups is 4. The third-order valence-corrected chi connectivity index (χ3v) is 3.03. The van der Waals surface area contributed by atoms with Crippen LogP contribution in [0, 0.1) is 0 Å². The second kappa shape index (κ2) is 5.13. The van der Waals surface area contributed by atoms with E-state index in [1.165, 1.54) is 24.3 Å². The standard InChI is InChI=1S/C15H14O5/c1-2-11(17)10-7-12(18)15(20)13(14(10)19)8-3-5-9(16)6-4-8/h3-7,16,18-20H,2H2,1H3. The van der Waals surface area contributed by atoms with Gasteiger partial charge in [0.05, 0.1) is 11.1 Å². The number of hydrogen-bond acceptors (Lipinski definition) is 5. The zero-order chi connectivity index (χ0) is 14.9. The van der Waals surface area contributed by atoms with Crippen LogP contribution < -0.4 is 0 Å². The number of benzene rings is 2. The van der Waals surface area contributed by atoms with Crippen LogP contribution in [0.25, 0.3) is 11.1 Å². The van der Waals surface area contributed by atoms with Gasteiger partial charge in [-0.25, -0.2) is 0 Å². The van der Waals surface area contributed by atoms with E-state index in [4.69, 9.17) is 0 Å². The second-order valence-corrected chi connectivity index (χ2v) is 4.34. The number of rotatable bonds is 3. The van der Waals surface area contributed by atoms with E-state index in [2.05, 4.69) is 0 Å². The van der Waals surface area contributed by atoms with Crippen molar-refractivity contribution in [2.45, 2.75) is 13.3 Å². The van der Waals surface area contributed by atoms with Crippen LogP contribution in [0.5, 0.6) is 23.0 Å². The molecule has 0 radical (unpaired) electrons. The molecule has 0 atom stereocenters. The molecule has 104 valence electrons. The molecule has 0 aliphatic rings. The first-order chi connectivity index (χ1) is 9.45. The van der Waals surface area contributed by atoms with Gasteiger partial charge in [0.2, 0.25) is 0 Å². The Bertz CT molecular complexity index is 659. The summed E-state index contributed by atoms with van der Waals surface area (Å²) in [6, 6.07) is 6.72. The number of phenols is 4. The summed E-state index contributed by atoms with van der Waals surface area (Å²) in [6.45, 7) is 1.63. The molecular formula is C15H14O5. The fraction of sp³-hybridized carbons (Fsp3) is 0.133. The van der Waals surface area contributed by atoms with E-state index in [9.17, 15) is 25.2 Å². The fourth-order valence-corrected chi connectivity index (χ4v) is 1.95. The van der Waals surface area contributed by atoms with E-state index in [1.807, 2.05) is 0 Å². The highest BCUT2D eigenvalue weighted by Crippen LogP contribution is 2.45. The maximum atomic E-state index is 11.7. The number of carbonyl (C=O) groups excluding carboxylic acids is 1. The summed E-state index contributed by atoms with van der Waals surface area (Å²) in [5.41, 5.74) is 0.284. The lowest BCUT2D eigenvalue weighted by Crippen LogP contribution is -1.98. The van der Waals surface area contributed by atoms with Gasteiger partial charge in [-0.1, -0.05) is 19.1 Å². The lowest BCUT2D eigenvalue weighted by Gasteiger charge is -2.12. The summed E-state index contributed by atoms with van der Waals surface area (Å²) in [5.74, 6) is -1.71. The molecule has 4 N–H and O–H groups in total. The highest BCUT2D eigenvalue weighted by atomic mass is 16.3. The molecule has 2 aromatic carbocycles. The van der Waals surface area contributed by atoms with Crippen molar-refractivity contribution in [2.75, 3.05) is 0 Å². The Morgan fingerprint density at radius 2 is 1.60 bits per heavy atom. The number of hydrogen-bond donors (Lipinski definition) is 4. The van der Waals surface area contributed by atoms with Crippen molar-refractivity contribution in [2.24, 2.45) is 0 Å². The number of Topliss-reactive ketones (excluding diaryl/α,β-unsaturated/α-hetero) is 1. The smallest absolute Gasteiger partial charge is 0.169 e. The van der Waals surface area contributed by atoms with Crippen molar-refractivity contribution in [3.05, 3.63) is 35.9 Å². The highest BCUT2D eigenvalue weighted by molar-refractivity contribution is 6.02. The van der Waals surface area contributed by atoms with Crippen LogP contribution in [-0.4, -0.2) is 26.2 Å². The summed E-state index contributed by atoms with van der Waals surface area (Å²) >= 11 is 0. The van der Waals surface area contributed by atoms with Crippen LogP contribution >= 0.6 is 0 Å². The zero-order valence-electron chi connectivity index (χ0n) is 10.8. The molecule has 0 aliphatic carbocycles. The molecule has 5 nitrogen and oxygen atoms in total. The Balaban J connectivity index is 2.71. The Morgan fingerprint density at radius 1 is 1.00 bits per heavy atom. The largest absolute Gasteiger partial charge is 0.508 e. The summed E-state index contributed by atoms with van der Waals surface area (Å²) in [5, 5.41) is 39.0. The molecule has 0 unspecified atom stereocenters. The van der Waals surface area contributed by atoms with Crippen molar-refractivity contribution >= 4 is 5.78 Å². The summed E-state index contributed by atoms with van der Waals surface area (Å²) in [6.07, 6.45) is 0.160. The molecule has 0 spiro atoms. The van der Waals surface area contributed by atoms with Crippen LogP contribution in [0.15, 0.2) is 30.3 Å². The average molecular weight is 274 g/mol. The first-order valence-electron chi connectivity index (χ1n) is 6.06. The van der Waals surface area contributed by atoms with Gasteiger partial charge in [-0.2, -0.15) is 0 Å². The van der Waals surface area contributed by atoms with Gasteiger partial charge in [0.15, 0.2) is 17.3 Å². The van der Waals surface area contributed by atoms with E-state index in [1.54, 1.807) is 6.92 Å². The molecule has 0 amide bonds. The molecule has 0 saturated carbocycles. The second-order valence-electron chi connectivity index (χ2n) is 4.34. The lowest BCUT2D eigenvalue weighted by molar-refractivity contribution is 0.0985. The molecule has 0 heterocycles. The number of carbonyl (C=O) groups is 1. The normalized spacial score (nSPS) is 10.4. The average Bonchev–Trinajstić information content (AvgIpc) is 2.44. The SMILES string of the molecule is CCC(=O)c1cc(O)c(O)c(-c2ccc(O)cc2)c1O. The van der Waals surface area contributed by atoms with Crippen LogP contribution in [-0.2, 0) is 0 Å². The van der Waals surface area contributed by atoms with Crippen molar-refractivity contribution in [1.82, 2.24) is 0 Å². The zero-order valence-corrected chi connectivity index (χ0v) is 10.8. The first kappa shape index (κ1) is 13.7. The van der Waals surface area contributed by atoms with Crippen LogP contribution in [0.3, 0.4) is 0 Å². The molecule has 0 aliphatic heterocycles. The third kappa shape index (κ3) is 2.25. The van der Waals surface area contributed by atoms with Crippen LogP contribution in [0.2, 0.25) is 0 Å². The van der Waals surface area contributed by atoms with Gasteiger partial charge >= 0.3 is 0 Å². The molecule has 20 heavy (non-hydrogen) atoms. The molecule has 0 fully saturated rings. The monoisotopic (exact) mass is 274 g/mol. The van der Waals surface area contributed by atoms with E-state index in [0.717, 1.165) is 6.07 Å². The number of ketones is 1. The third-order valence-electron chi connectivity index (χ3n) is 3.03. The van der Waals surface area contributed by atoms with Crippen molar-refractivity contribution in [1.29, 1.82) is 0 Å². The predicted molar refractivity (Wildman–Crippen MR) is 73.2 cm³/mol. The van der Waals surface area contributed by atoms with E-state index < -0.39 is 17.2 Å². The minimum absolute atomic E-state index is 0.0257. The van der Waals surface area contributed by atoms with Gasteiger partial charge in [0.25, 0.3) is 0 Å². The Labute approximate surface area is 115 Å². The van der Waals surface area contributed by atoms with Crippen molar-refractivity contribution in [3.8, 4) is 34.1 Å². The van der Waals surface area contributed by atoms with Gasteiger partial charge in [-0.3, -0.25) is 4.79 Å². The Hall–Kier alpha value is -2.69. The summed E-state index contributed by atoms with van der Waals surface area (Å²) < 4.78 is 0. The van der Waals surface area contributed by atoms with Gasteiger partial charge < -0.3 is 20.4 Å². The highest BCUT2D eigenvalue weighted by Gasteiger charge is 2.21. The predicted octanol–water partition coefficient (Wildman–Crippen LogP) is 2.77. The molecule has 2 aromatic rings. The summed E-state index contributed by atoms with van der Waals surface area (Å²) in [7, 11) is 0. The topological polar surface area (TPSA) is 98.0 Å². The maximum Gasteiger partial charge on any atom is 0.169 e. The fourth-order valence-electron chi connectivity index (χ4n) is 1.95. The van der Waals surface area contributed by atoms with E-state index in [0.29, 0.717) is 5.56 Å². The number of phenolic OH excluding ortho intramolecular Hbond substituents is 4. The Morgan fingerprint density at radius 3 is 2.15 bits per heavy atom. The van der Waals surface area contributed by atoms with Crippen molar-refractivity contribution < 1.29 is 25.2 Å². The lowest BCUT2D eigenvalue weighted by atomic mass is 9.97. The van der Waals surface area contributed by atoms with Gasteiger partial charge in [-0.15, -0.1) is 0 Å². The molecular weight excluding hydrogens is 260 g/mol. The molecule has 0 aromatic heterocycles. The van der Waals surface area contributed by atoms with E-state index in [-0.39, 0.29) is 29.1 Å². The summed E-state index contributed by atoms with van der Waals surface area (Å²) in [4.78, 5) is 11.7. The van der Waals surface area contributed by atoms with Gasteiger partial charge in [0, 0.05) is 6.42 Å². The van der Waals surface area contributed by atoms with Crippen LogP contribution in [0.1, 0.15) is 23.7 Å². The Kier molecular flexibility index (Phi) is 3.52. The molecule has 0 saturated heterocycles. The van der Waals surface area contributed by atoms with Gasteiger partial charge in [0.1, 0.15) is 11.5 Å².